The van der Waals surface area contributed by atoms with Gasteiger partial charge in [0.15, 0.2) is 23.9 Å². The molecule has 0 unspecified atom stereocenters. The minimum absolute atomic E-state index is 0.0135. The molecule has 0 aromatic heterocycles. The van der Waals surface area contributed by atoms with Crippen LogP contribution in [0.5, 0.6) is 23.0 Å². The first-order chi connectivity index (χ1) is 15.9. The maximum absolute atomic E-state index is 12.8. The fraction of sp³-hybridized carbons (Fsp3) is 0.375. The number of nitrogens with one attached hydrogen (secondary N) is 1. The molecule has 1 fully saturated rings. The zero-order chi connectivity index (χ0) is 23.0. The smallest absolute Gasteiger partial charge is 0.262 e. The van der Waals surface area contributed by atoms with Crippen molar-refractivity contribution in [3.05, 3.63) is 42.0 Å². The molecule has 2 aromatic carbocycles. The maximum atomic E-state index is 12.8. The van der Waals surface area contributed by atoms with Crippen LogP contribution < -0.4 is 24.3 Å². The summed E-state index contributed by atoms with van der Waals surface area (Å²) in [6.07, 6.45) is 1.49. The highest BCUT2D eigenvalue weighted by atomic mass is 16.7. The summed E-state index contributed by atoms with van der Waals surface area (Å²) < 4.78 is 22.5. The van der Waals surface area contributed by atoms with Crippen LogP contribution in [0.1, 0.15) is 36.5 Å². The molecule has 3 heterocycles. The summed E-state index contributed by atoms with van der Waals surface area (Å²) >= 11 is 0. The van der Waals surface area contributed by atoms with Crippen LogP contribution >= 0.6 is 0 Å². The van der Waals surface area contributed by atoms with E-state index >= 15 is 0 Å². The number of hydrogen-bond donors (Lipinski definition) is 1. The highest BCUT2D eigenvalue weighted by Crippen LogP contribution is 2.41. The van der Waals surface area contributed by atoms with Gasteiger partial charge in [-0.2, -0.15) is 0 Å². The molecule has 172 valence electrons. The van der Waals surface area contributed by atoms with E-state index in [1.165, 1.54) is 0 Å². The summed E-state index contributed by atoms with van der Waals surface area (Å²) in [7, 11) is 0. The van der Waals surface area contributed by atoms with Crippen LogP contribution in [-0.2, 0) is 9.59 Å². The molecule has 5 rings (SSSR count). The lowest BCUT2D eigenvalue weighted by Gasteiger charge is -2.43. The molecular weight excluding hydrogens is 428 g/mol. The van der Waals surface area contributed by atoms with Crippen molar-refractivity contribution in [2.24, 2.45) is 0 Å². The van der Waals surface area contributed by atoms with E-state index in [9.17, 15) is 14.4 Å². The minimum Gasteiger partial charge on any atom is -0.486 e. The van der Waals surface area contributed by atoms with E-state index in [2.05, 4.69) is 5.32 Å². The molecule has 0 atom stereocenters. The van der Waals surface area contributed by atoms with Gasteiger partial charge in [0.2, 0.25) is 12.7 Å². The standard InChI is InChI=1S/C24H24N2O7/c1-15(27)26-8-6-24(7-9-26)12-19(28)18-4-3-17(11-21(18)33-24)30-13-23(29)25-16-2-5-20-22(10-16)32-14-31-20/h2-5,10-11H,6-9,12-14H2,1H3,(H,25,29). The molecule has 0 saturated carbocycles. The Bertz CT molecular complexity index is 1120. The topological polar surface area (TPSA) is 103 Å². The van der Waals surface area contributed by atoms with E-state index in [-0.39, 0.29) is 31.0 Å². The molecule has 1 N–H and O–H groups in total. The van der Waals surface area contributed by atoms with Gasteiger partial charge >= 0.3 is 0 Å². The molecule has 3 aliphatic rings. The van der Waals surface area contributed by atoms with Crippen LogP contribution in [0.4, 0.5) is 5.69 Å². The summed E-state index contributed by atoms with van der Waals surface area (Å²) in [4.78, 5) is 38.5. The Morgan fingerprint density at radius 1 is 1.06 bits per heavy atom. The fourth-order valence-electron chi connectivity index (χ4n) is 4.39. The first kappa shape index (κ1) is 21.1. The van der Waals surface area contributed by atoms with Crippen molar-refractivity contribution in [3.63, 3.8) is 0 Å². The van der Waals surface area contributed by atoms with Crippen LogP contribution in [0.25, 0.3) is 0 Å². The van der Waals surface area contributed by atoms with Crippen LogP contribution in [0.15, 0.2) is 36.4 Å². The van der Waals surface area contributed by atoms with Gasteiger partial charge in [-0.25, -0.2) is 0 Å². The van der Waals surface area contributed by atoms with Crippen LogP contribution in [0, 0.1) is 0 Å². The minimum atomic E-state index is -0.606. The number of likely N-dealkylation sites (tertiary alicyclic amines) is 1. The Balaban J connectivity index is 1.22. The Morgan fingerprint density at radius 3 is 2.64 bits per heavy atom. The zero-order valence-corrected chi connectivity index (χ0v) is 18.2. The van der Waals surface area contributed by atoms with Crippen LogP contribution in [0.2, 0.25) is 0 Å². The first-order valence-corrected chi connectivity index (χ1v) is 10.8. The number of fused-ring (bicyclic) bond motifs is 2. The summed E-state index contributed by atoms with van der Waals surface area (Å²) in [5.74, 6) is 1.81. The third-order valence-corrected chi connectivity index (χ3v) is 6.21. The number of Topliss-reactive ketones (excluding diaryl/α,β-unsaturated/α-hetero) is 1. The number of rotatable bonds is 4. The Kier molecular flexibility index (Phi) is 5.32. The molecule has 0 aliphatic carbocycles. The number of benzene rings is 2. The third kappa shape index (κ3) is 4.30. The van der Waals surface area contributed by atoms with Gasteiger partial charge in [0.25, 0.3) is 5.91 Å². The fourth-order valence-corrected chi connectivity index (χ4v) is 4.39. The van der Waals surface area contributed by atoms with E-state index in [0.717, 1.165) is 0 Å². The molecule has 3 aliphatic heterocycles. The Labute approximate surface area is 190 Å². The average molecular weight is 452 g/mol. The van der Waals surface area contributed by atoms with Crippen molar-refractivity contribution in [3.8, 4) is 23.0 Å². The van der Waals surface area contributed by atoms with Crippen molar-refractivity contribution in [1.29, 1.82) is 0 Å². The largest absolute Gasteiger partial charge is 0.486 e. The second-order valence-corrected chi connectivity index (χ2v) is 8.45. The average Bonchev–Trinajstić information content (AvgIpc) is 3.25. The molecule has 33 heavy (non-hydrogen) atoms. The number of ketones is 1. The van der Waals surface area contributed by atoms with Gasteiger partial charge in [0.05, 0.1) is 12.0 Å². The molecule has 0 bridgehead atoms. The van der Waals surface area contributed by atoms with E-state index in [4.69, 9.17) is 18.9 Å². The van der Waals surface area contributed by atoms with Crippen molar-refractivity contribution in [1.82, 2.24) is 4.90 Å². The number of nitrogens with zero attached hydrogens (tertiary/aromatic N) is 1. The third-order valence-electron chi connectivity index (χ3n) is 6.21. The van der Waals surface area contributed by atoms with E-state index in [0.29, 0.717) is 66.6 Å². The molecular formula is C24H24N2O7. The van der Waals surface area contributed by atoms with Crippen LogP contribution in [-0.4, -0.2) is 54.6 Å². The van der Waals surface area contributed by atoms with Crippen molar-refractivity contribution in [2.75, 3.05) is 31.8 Å². The number of anilines is 1. The predicted molar refractivity (Wildman–Crippen MR) is 117 cm³/mol. The number of ether oxygens (including phenoxy) is 4. The monoisotopic (exact) mass is 452 g/mol. The lowest BCUT2D eigenvalue weighted by Crippen LogP contribution is -2.51. The number of carbonyl (C=O) groups excluding carboxylic acids is 3. The van der Waals surface area contributed by atoms with Gasteiger partial charge in [-0.1, -0.05) is 0 Å². The SMILES string of the molecule is CC(=O)N1CCC2(CC1)CC(=O)c1ccc(OCC(=O)Nc3ccc4c(c3)OCO4)cc1O2. The zero-order valence-electron chi connectivity index (χ0n) is 18.2. The highest BCUT2D eigenvalue weighted by molar-refractivity contribution is 6.00. The van der Waals surface area contributed by atoms with E-state index in [1.807, 2.05) is 0 Å². The molecule has 9 heteroatoms. The second kappa shape index (κ2) is 8.31. The lowest BCUT2D eigenvalue weighted by molar-refractivity contribution is -0.132. The molecule has 1 spiro atoms. The van der Waals surface area contributed by atoms with Gasteiger partial charge < -0.3 is 29.2 Å². The Hall–Kier alpha value is -3.75. The summed E-state index contributed by atoms with van der Waals surface area (Å²) in [6.45, 7) is 2.63. The molecule has 2 aromatic rings. The van der Waals surface area contributed by atoms with Crippen molar-refractivity contribution >= 4 is 23.3 Å². The normalized spacial score (nSPS) is 17.8. The summed E-state index contributed by atoms with van der Waals surface area (Å²) in [5, 5.41) is 2.75. The van der Waals surface area contributed by atoms with Gasteiger partial charge in [0, 0.05) is 50.7 Å². The molecule has 9 nitrogen and oxygen atoms in total. The van der Waals surface area contributed by atoms with E-state index in [1.54, 1.807) is 48.2 Å². The first-order valence-electron chi connectivity index (χ1n) is 10.8. The summed E-state index contributed by atoms with van der Waals surface area (Å²) in [6, 6.07) is 10.1. The van der Waals surface area contributed by atoms with Gasteiger partial charge in [-0.3, -0.25) is 14.4 Å². The van der Waals surface area contributed by atoms with Gasteiger partial charge in [0.1, 0.15) is 17.1 Å². The highest BCUT2D eigenvalue weighted by Gasteiger charge is 2.43. The lowest BCUT2D eigenvalue weighted by atomic mass is 9.82. The second-order valence-electron chi connectivity index (χ2n) is 8.45. The van der Waals surface area contributed by atoms with E-state index < -0.39 is 5.60 Å². The molecule has 0 radical (unpaired) electrons. The number of carbonyl (C=O) groups is 3. The molecule has 1 saturated heterocycles. The summed E-state index contributed by atoms with van der Waals surface area (Å²) in [5.41, 5.74) is 0.476. The number of amides is 2. The van der Waals surface area contributed by atoms with Gasteiger partial charge in [-0.05, 0) is 24.3 Å². The van der Waals surface area contributed by atoms with Gasteiger partial charge in [-0.15, -0.1) is 0 Å². The molecule has 2 amide bonds. The number of hydrogen-bond acceptors (Lipinski definition) is 7. The quantitative estimate of drug-likeness (QED) is 0.761. The van der Waals surface area contributed by atoms with Crippen LogP contribution in [0.3, 0.4) is 0 Å². The maximum Gasteiger partial charge on any atom is 0.262 e. The van der Waals surface area contributed by atoms with Crippen molar-refractivity contribution < 1.29 is 33.3 Å². The van der Waals surface area contributed by atoms with Crippen molar-refractivity contribution in [2.45, 2.75) is 31.8 Å². The predicted octanol–water partition coefficient (Wildman–Crippen LogP) is 2.78. The Morgan fingerprint density at radius 2 is 1.85 bits per heavy atom. The number of piperidine rings is 1.